The summed E-state index contributed by atoms with van der Waals surface area (Å²) >= 11 is 0. The fourth-order valence-electron chi connectivity index (χ4n) is 3.75. The van der Waals surface area contributed by atoms with Gasteiger partial charge in [0.15, 0.2) is 0 Å². The molecule has 5 heteroatoms. The van der Waals surface area contributed by atoms with Gasteiger partial charge < -0.3 is 10.2 Å². The molecule has 2 amide bonds. The van der Waals surface area contributed by atoms with Crippen LogP contribution >= 0.6 is 0 Å². The maximum atomic E-state index is 12.8. The summed E-state index contributed by atoms with van der Waals surface area (Å²) in [5.74, 6) is 0.484. The van der Waals surface area contributed by atoms with Crippen molar-refractivity contribution < 1.29 is 9.59 Å². The van der Waals surface area contributed by atoms with Crippen molar-refractivity contribution in [1.29, 1.82) is 0 Å². The van der Waals surface area contributed by atoms with Crippen molar-refractivity contribution >= 4 is 11.8 Å². The number of aryl methyl sites for hydroxylation is 1. The molecule has 2 aliphatic rings. The second-order valence-corrected chi connectivity index (χ2v) is 6.76. The maximum absolute atomic E-state index is 12.8. The Labute approximate surface area is 144 Å². The summed E-state index contributed by atoms with van der Waals surface area (Å²) in [7, 11) is 0. The van der Waals surface area contributed by atoms with E-state index in [1.54, 1.807) is 0 Å². The summed E-state index contributed by atoms with van der Waals surface area (Å²) < 4.78 is 0. The van der Waals surface area contributed by atoms with Gasteiger partial charge in [-0.25, -0.2) is 0 Å². The number of carbonyl (C=O) groups is 2. The minimum Gasteiger partial charge on any atom is -0.355 e. The highest BCUT2D eigenvalue weighted by molar-refractivity contribution is 5.80. The number of piperazine rings is 1. The zero-order valence-corrected chi connectivity index (χ0v) is 14.5. The van der Waals surface area contributed by atoms with Crippen LogP contribution in [0.1, 0.15) is 24.5 Å². The third-order valence-electron chi connectivity index (χ3n) is 5.12. The van der Waals surface area contributed by atoms with Crippen molar-refractivity contribution in [2.24, 2.45) is 5.92 Å². The molecule has 5 nitrogen and oxygen atoms in total. The van der Waals surface area contributed by atoms with Gasteiger partial charge in [0, 0.05) is 38.6 Å². The molecule has 1 atom stereocenters. The first-order valence-corrected chi connectivity index (χ1v) is 9.02. The topological polar surface area (TPSA) is 52.7 Å². The molecule has 3 rings (SSSR count). The molecule has 0 unspecified atom stereocenters. The van der Waals surface area contributed by atoms with E-state index in [2.05, 4.69) is 34.5 Å². The highest BCUT2D eigenvalue weighted by Crippen LogP contribution is 2.27. The van der Waals surface area contributed by atoms with Gasteiger partial charge in [-0.1, -0.05) is 24.3 Å². The van der Waals surface area contributed by atoms with Crippen molar-refractivity contribution in [2.45, 2.75) is 26.2 Å². The molecule has 1 aliphatic carbocycles. The Kier molecular flexibility index (Phi) is 5.51. The molecule has 1 heterocycles. The van der Waals surface area contributed by atoms with Gasteiger partial charge in [0.05, 0.1) is 6.54 Å². The molecule has 0 spiro atoms. The van der Waals surface area contributed by atoms with Gasteiger partial charge in [-0.3, -0.25) is 14.5 Å². The fraction of sp³-hybridized carbons (Fsp3) is 0.579. The first kappa shape index (κ1) is 17.0. The van der Waals surface area contributed by atoms with Crippen molar-refractivity contribution in [2.75, 3.05) is 39.3 Å². The number of rotatable bonds is 4. The Morgan fingerprint density at radius 3 is 2.54 bits per heavy atom. The van der Waals surface area contributed by atoms with Crippen LogP contribution < -0.4 is 5.32 Å². The van der Waals surface area contributed by atoms with E-state index in [-0.39, 0.29) is 11.8 Å². The molecule has 130 valence electrons. The molecule has 1 fully saturated rings. The fourth-order valence-corrected chi connectivity index (χ4v) is 3.75. The number of likely N-dealkylation sites (N-methyl/N-ethyl adjacent to an activating group) is 1. The Morgan fingerprint density at radius 2 is 1.83 bits per heavy atom. The van der Waals surface area contributed by atoms with E-state index >= 15 is 0 Å². The zero-order valence-electron chi connectivity index (χ0n) is 14.5. The Bertz CT molecular complexity index is 594. The third kappa shape index (κ3) is 3.96. The standard InChI is InChI=1S/C19H27N3O2/c1-2-20-18(23)14-21-9-11-22(12-10-21)19(24)17-8-7-15-5-3-4-6-16(15)13-17/h3-6,17H,2,7-14H2,1H3,(H,20,23)/t17-/m0/s1. The molecule has 24 heavy (non-hydrogen) atoms. The van der Waals surface area contributed by atoms with Gasteiger partial charge in [0.1, 0.15) is 0 Å². The number of nitrogens with zero attached hydrogens (tertiary/aromatic N) is 2. The first-order valence-electron chi connectivity index (χ1n) is 9.02. The van der Waals surface area contributed by atoms with E-state index < -0.39 is 0 Å². The third-order valence-corrected chi connectivity index (χ3v) is 5.12. The smallest absolute Gasteiger partial charge is 0.234 e. The number of amides is 2. The van der Waals surface area contributed by atoms with Gasteiger partial charge in [-0.05, 0) is 37.3 Å². The minimum absolute atomic E-state index is 0.0705. The van der Waals surface area contributed by atoms with Crippen LogP contribution in [0.3, 0.4) is 0 Å². The molecule has 1 aliphatic heterocycles. The van der Waals surface area contributed by atoms with E-state index in [0.29, 0.717) is 19.0 Å². The predicted octanol–water partition coefficient (Wildman–Crippen LogP) is 1.07. The second-order valence-electron chi connectivity index (χ2n) is 6.76. The van der Waals surface area contributed by atoms with Crippen LogP contribution in [0.5, 0.6) is 0 Å². The number of nitrogens with one attached hydrogen (secondary N) is 1. The summed E-state index contributed by atoms with van der Waals surface area (Å²) in [5.41, 5.74) is 2.73. The van der Waals surface area contributed by atoms with Crippen LogP contribution in [0.4, 0.5) is 0 Å². The summed E-state index contributed by atoms with van der Waals surface area (Å²) in [6.07, 6.45) is 2.83. The molecule has 0 radical (unpaired) electrons. The van der Waals surface area contributed by atoms with Crippen LogP contribution in [-0.4, -0.2) is 60.9 Å². The van der Waals surface area contributed by atoms with Crippen molar-refractivity contribution in [3.05, 3.63) is 35.4 Å². The van der Waals surface area contributed by atoms with Gasteiger partial charge in [-0.15, -0.1) is 0 Å². The van der Waals surface area contributed by atoms with Gasteiger partial charge in [-0.2, -0.15) is 0 Å². The largest absolute Gasteiger partial charge is 0.355 e. The van der Waals surface area contributed by atoms with Gasteiger partial charge >= 0.3 is 0 Å². The molecular weight excluding hydrogens is 302 g/mol. The van der Waals surface area contributed by atoms with Crippen LogP contribution in [0.25, 0.3) is 0 Å². The van der Waals surface area contributed by atoms with E-state index in [1.807, 2.05) is 11.8 Å². The molecule has 1 saturated heterocycles. The lowest BCUT2D eigenvalue weighted by atomic mass is 9.83. The maximum Gasteiger partial charge on any atom is 0.234 e. The molecule has 0 bridgehead atoms. The van der Waals surface area contributed by atoms with E-state index in [4.69, 9.17) is 0 Å². The predicted molar refractivity (Wildman–Crippen MR) is 93.7 cm³/mol. The number of hydrogen-bond donors (Lipinski definition) is 1. The molecule has 0 aromatic heterocycles. The minimum atomic E-state index is 0.0705. The quantitative estimate of drug-likeness (QED) is 0.899. The Balaban J connectivity index is 1.50. The zero-order chi connectivity index (χ0) is 16.9. The van der Waals surface area contributed by atoms with Crippen LogP contribution in [0.2, 0.25) is 0 Å². The Morgan fingerprint density at radius 1 is 1.12 bits per heavy atom. The lowest BCUT2D eigenvalue weighted by Crippen LogP contribution is -2.52. The van der Waals surface area contributed by atoms with E-state index in [9.17, 15) is 9.59 Å². The average Bonchev–Trinajstić information content (AvgIpc) is 2.61. The average molecular weight is 329 g/mol. The number of carbonyl (C=O) groups excluding carboxylic acids is 2. The number of hydrogen-bond acceptors (Lipinski definition) is 3. The second kappa shape index (κ2) is 7.79. The summed E-state index contributed by atoms with van der Waals surface area (Å²) in [6, 6.07) is 8.47. The van der Waals surface area contributed by atoms with E-state index in [0.717, 1.165) is 45.4 Å². The van der Waals surface area contributed by atoms with Crippen molar-refractivity contribution in [3.8, 4) is 0 Å². The van der Waals surface area contributed by atoms with Crippen LogP contribution in [0.15, 0.2) is 24.3 Å². The highest BCUT2D eigenvalue weighted by atomic mass is 16.2. The number of benzene rings is 1. The SMILES string of the molecule is CCNC(=O)CN1CCN(C(=O)[C@H]2CCc3ccccc3C2)CC1. The van der Waals surface area contributed by atoms with Gasteiger partial charge in [0.25, 0.3) is 0 Å². The monoisotopic (exact) mass is 329 g/mol. The normalized spacial score (nSPS) is 21.2. The molecule has 1 aromatic rings. The summed E-state index contributed by atoms with van der Waals surface area (Å²) in [5, 5.41) is 2.83. The van der Waals surface area contributed by atoms with Crippen molar-refractivity contribution in [1.82, 2.24) is 15.1 Å². The van der Waals surface area contributed by atoms with E-state index in [1.165, 1.54) is 11.1 Å². The lowest BCUT2D eigenvalue weighted by molar-refractivity contribution is -0.137. The number of fused-ring (bicyclic) bond motifs is 1. The van der Waals surface area contributed by atoms with Crippen LogP contribution in [0, 0.1) is 5.92 Å². The molecular formula is C19H27N3O2. The summed E-state index contributed by atoms with van der Waals surface area (Å²) in [6.45, 7) is 6.06. The first-order chi connectivity index (χ1) is 11.7. The molecule has 0 saturated carbocycles. The van der Waals surface area contributed by atoms with Gasteiger partial charge in [0.2, 0.25) is 11.8 Å². The van der Waals surface area contributed by atoms with Crippen molar-refractivity contribution in [3.63, 3.8) is 0 Å². The summed E-state index contributed by atoms with van der Waals surface area (Å²) in [4.78, 5) is 28.6. The highest BCUT2D eigenvalue weighted by Gasteiger charge is 2.30. The van der Waals surface area contributed by atoms with Crippen LogP contribution in [-0.2, 0) is 22.4 Å². The molecule has 1 N–H and O–H groups in total. The lowest BCUT2D eigenvalue weighted by Gasteiger charge is -2.37. The Hall–Kier alpha value is -1.88. The molecule has 1 aromatic carbocycles.